The molecule has 21 heavy (non-hydrogen) atoms. The summed E-state index contributed by atoms with van der Waals surface area (Å²) in [4.78, 5) is 12.3. The second-order valence-corrected chi connectivity index (χ2v) is 4.64. The summed E-state index contributed by atoms with van der Waals surface area (Å²) in [5.74, 6) is 0.914. The van der Waals surface area contributed by atoms with Crippen LogP contribution in [0.3, 0.4) is 0 Å². The third kappa shape index (κ3) is 4.61. The molecule has 0 aromatic heterocycles. The maximum absolute atomic E-state index is 12.3. The molecule has 0 fully saturated rings. The lowest BCUT2D eigenvalue weighted by Gasteiger charge is -2.18. The van der Waals surface area contributed by atoms with Crippen molar-refractivity contribution in [1.29, 1.82) is 0 Å². The number of methoxy groups -OCH3 is 3. The van der Waals surface area contributed by atoms with Gasteiger partial charge in [0.2, 0.25) is 0 Å². The molecule has 1 atom stereocenters. The predicted molar refractivity (Wildman–Crippen MR) is 79.1 cm³/mol. The van der Waals surface area contributed by atoms with Crippen LogP contribution >= 0.6 is 0 Å². The molecule has 0 saturated carbocycles. The van der Waals surface area contributed by atoms with Crippen LogP contribution in [0.5, 0.6) is 11.5 Å². The summed E-state index contributed by atoms with van der Waals surface area (Å²) >= 11 is 0. The predicted octanol–water partition coefficient (Wildman–Crippen LogP) is 1.14. The van der Waals surface area contributed by atoms with Crippen molar-refractivity contribution in [3.8, 4) is 11.5 Å². The number of amides is 1. The fraction of sp³-hybridized carbons (Fsp3) is 0.533. The van der Waals surface area contributed by atoms with Crippen LogP contribution in [0, 0.1) is 6.92 Å². The second kappa shape index (κ2) is 8.49. The van der Waals surface area contributed by atoms with Crippen LogP contribution in [0.1, 0.15) is 22.3 Å². The topological polar surface area (TPSA) is 77.0 Å². The van der Waals surface area contributed by atoms with Crippen molar-refractivity contribution < 1.29 is 24.1 Å². The van der Waals surface area contributed by atoms with Gasteiger partial charge in [0.1, 0.15) is 11.5 Å². The highest BCUT2D eigenvalue weighted by atomic mass is 16.5. The highest BCUT2D eigenvalue weighted by Gasteiger charge is 2.17. The Morgan fingerprint density at radius 2 is 1.81 bits per heavy atom. The zero-order chi connectivity index (χ0) is 15.8. The van der Waals surface area contributed by atoms with E-state index in [1.165, 1.54) is 0 Å². The molecule has 0 radical (unpaired) electrons. The van der Waals surface area contributed by atoms with E-state index in [1.807, 2.05) is 6.92 Å². The maximum atomic E-state index is 12.3. The number of rotatable bonds is 8. The van der Waals surface area contributed by atoms with Gasteiger partial charge in [-0.3, -0.25) is 4.79 Å². The molecule has 1 unspecified atom stereocenters. The average molecular weight is 297 g/mol. The Balaban J connectivity index is 2.95. The maximum Gasteiger partial charge on any atom is 0.251 e. The normalized spacial score (nSPS) is 11.9. The van der Waals surface area contributed by atoms with Gasteiger partial charge in [-0.05, 0) is 25.5 Å². The average Bonchev–Trinajstić information content (AvgIpc) is 2.47. The van der Waals surface area contributed by atoms with Gasteiger partial charge < -0.3 is 24.6 Å². The Morgan fingerprint density at radius 1 is 1.24 bits per heavy atom. The first-order valence-electron chi connectivity index (χ1n) is 6.70. The van der Waals surface area contributed by atoms with E-state index in [1.54, 1.807) is 33.5 Å². The summed E-state index contributed by atoms with van der Waals surface area (Å²) in [6.45, 7) is 2.18. The minimum Gasteiger partial charge on any atom is -0.496 e. The second-order valence-electron chi connectivity index (χ2n) is 4.64. The number of carbonyl (C=O) groups is 1. The van der Waals surface area contributed by atoms with Gasteiger partial charge in [0.25, 0.3) is 5.91 Å². The Labute approximate surface area is 125 Å². The zero-order valence-electron chi connectivity index (χ0n) is 12.9. The molecule has 118 valence electrons. The summed E-state index contributed by atoms with van der Waals surface area (Å²) in [6.07, 6.45) is 0.430. The van der Waals surface area contributed by atoms with Crippen LogP contribution in [0.4, 0.5) is 0 Å². The van der Waals surface area contributed by atoms with Crippen molar-refractivity contribution in [3.63, 3.8) is 0 Å². The monoisotopic (exact) mass is 297 g/mol. The fourth-order valence-electron chi connectivity index (χ4n) is 2.04. The summed E-state index contributed by atoms with van der Waals surface area (Å²) in [6, 6.07) is 3.08. The molecule has 2 N–H and O–H groups in total. The lowest BCUT2D eigenvalue weighted by atomic mass is 10.1. The first-order valence-corrected chi connectivity index (χ1v) is 6.70. The van der Waals surface area contributed by atoms with Crippen LogP contribution < -0.4 is 14.8 Å². The van der Waals surface area contributed by atoms with Gasteiger partial charge in [0.05, 0.1) is 26.9 Å². The Bertz CT molecular complexity index is 444. The largest absolute Gasteiger partial charge is 0.496 e. The number of nitrogens with one attached hydrogen (secondary N) is 1. The molecule has 1 aromatic carbocycles. The molecule has 0 aliphatic carbocycles. The molecule has 1 amide bonds. The molecule has 1 rings (SSSR count). The van der Waals surface area contributed by atoms with Crippen molar-refractivity contribution in [3.05, 3.63) is 23.3 Å². The van der Waals surface area contributed by atoms with Gasteiger partial charge in [0, 0.05) is 24.8 Å². The number of hydrogen-bond acceptors (Lipinski definition) is 5. The summed E-state index contributed by atoms with van der Waals surface area (Å²) in [7, 11) is 4.64. The van der Waals surface area contributed by atoms with E-state index in [-0.39, 0.29) is 18.6 Å². The van der Waals surface area contributed by atoms with Crippen LogP contribution in [0.15, 0.2) is 12.1 Å². The number of aliphatic hydroxyl groups excluding tert-OH is 1. The van der Waals surface area contributed by atoms with E-state index in [0.29, 0.717) is 30.1 Å². The highest BCUT2D eigenvalue weighted by molar-refractivity contribution is 5.95. The van der Waals surface area contributed by atoms with Crippen LogP contribution in [0.25, 0.3) is 0 Å². The summed E-state index contributed by atoms with van der Waals surface area (Å²) in [5.41, 5.74) is 1.27. The third-order valence-electron chi connectivity index (χ3n) is 3.20. The SMILES string of the molecule is COCC(CCO)NC(=O)c1cc(OC)c(C)c(OC)c1. The highest BCUT2D eigenvalue weighted by Crippen LogP contribution is 2.29. The first-order chi connectivity index (χ1) is 10.1. The van der Waals surface area contributed by atoms with Crippen molar-refractivity contribution in [2.45, 2.75) is 19.4 Å². The Hall–Kier alpha value is -1.79. The molecule has 0 bridgehead atoms. The molecule has 1 aromatic rings. The summed E-state index contributed by atoms with van der Waals surface area (Å²) in [5, 5.41) is 11.8. The molecule has 0 spiro atoms. The molecule has 0 heterocycles. The lowest BCUT2D eigenvalue weighted by molar-refractivity contribution is 0.0878. The van der Waals surface area contributed by atoms with Gasteiger partial charge in [0.15, 0.2) is 0 Å². The molecule has 0 aliphatic rings. The number of carbonyl (C=O) groups excluding carboxylic acids is 1. The molecule has 6 nitrogen and oxygen atoms in total. The Morgan fingerprint density at radius 3 is 2.24 bits per heavy atom. The summed E-state index contributed by atoms with van der Waals surface area (Å²) < 4.78 is 15.5. The molecular weight excluding hydrogens is 274 g/mol. The van der Waals surface area contributed by atoms with E-state index in [2.05, 4.69) is 5.32 Å². The number of aliphatic hydroxyl groups is 1. The molecule has 0 saturated heterocycles. The van der Waals surface area contributed by atoms with E-state index < -0.39 is 0 Å². The lowest BCUT2D eigenvalue weighted by Crippen LogP contribution is -2.38. The van der Waals surface area contributed by atoms with E-state index in [9.17, 15) is 4.79 Å². The minimum atomic E-state index is -0.262. The van der Waals surface area contributed by atoms with Crippen molar-refractivity contribution in [2.75, 3.05) is 34.5 Å². The van der Waals surface area contributed by atoms with Crippen LogP contribution in [-0.4, -0.2) is 51.6 Å². The first kappa shape index (κ1) is 17.3. The third-order valence-corrected chi connectivity index (χ3v) is 3.20. The van der Waals surface area contributed by atoms with Gasteiger partial charge in [-0.25, -0.2) is 0 Å². The van der Waals surface area contributed by atoms with E-state index >= 15 is 0 Å². The molecular formula is C15H23NO5. The van der Waals surface area contributed by atoms with E-state index in [0.717, 1.165) is 5.56 Å². The van der Waals surface area contributed by atoms with Gasteiger partial charge in [-0.2, -0.15) is 0 Å². The minimum absolute atomic E-state index is 0.0190. The van der Waals surface area contributed by atoms with Crippen LogP contribution in [-0.2, 0) is 4.74 Å². The van der Waals surface area contributed by atoms with Gasteiger partial charge >= 0.3 is 0 Å². The number of benzene rings is 1. The smallest absolute Gasteiger partial charge is 0.251 e. The van der Waals surface area contributed by atoms with Gasteiger partial charge in [-0.15, -0.1) is 0 Å². The van der Waals surface area contributed by atoms with Crippen molar-refractivity contribution in [2.24, 2.45) is 0 Å². The number of hydrogen-bond donors (Lipinski definition) is 2. The quantitative estimate of drug-likeness (QED) is 0.752. The standard InChI is InChI=1S/C15H23NO5/c1-10-13(20-3)7-11(8-14(10)21-4)15(18)16-12(5-6-17)9-19-2/h7-8,12,17H,5-6,9H2,1-4H3,(H,16,18). The fourth-order valence-corrected chi connectivity index (χ4v) is 2.04. The van der Waals surface area contributed by atoms with Gasteiger partial charge in [-0.1, -0.05) is 0 Å². The van der Waals surface area contributed by atoms with Crippen molar-refractivity contribution >= 4 is 5.91 Å². The van der Waals surface area contributed by atoms with Crippen LogP contribution in [0.2, 0.25) is 0 Å². The molecule has 0 aliphatic heterocycles. The number of ether oxygens (including phenoxy) is 3. The van der Waals surface area contributed by atoms with E-state index in [4.69, 9.17) is 19.3 Å². The Kier molecular flexibility index (Phi) is 6.98. The molecule has 6 heteroatoms. The zero-order valence-corrected chi connectivity index (χ0v) is 12.9. The van der Waals surface area contributed by atoms with Crippen molar-refractivity contribution in [1.82, 2.24) is 5.32 Å².